The first-order chi connectivity index (χ1) is 9.11. The second kappa shape index (κ2) is 6.14. The van der Waals surface area contributed by atoms with Crippen molar-refractivity contribution in [2.24, 2.45) is 11.0 Å². The first-order valence-electron chi connectivity index (χ1n) is 6.83. The Kier molecular flexibility index (Phi) is 4.52. The van der Waals surface area contributed by atoms with E-state index in [0.29, 0.717) is 37.6 Å². The van der Waals surface area contributed by atoms with Gasteiger partial charge in [0.25, 0.3) is 5.91 Å². The van der Waals surface area contributed by atoms with E-state index in [4.69, 9.17) is 4.74 Å². The van der Waals surface area contributed by atoms with Crippen molar-refractivity contribution in [3.63, 3.8) is 0 Å². The number of hydrazone groups is 1. The molecule has 106 valence electrons. The molecule has 0 radical (unpaired) electrons. The van der Waals surface area contributed by atoms with Gasteiger partial charge in [0.05, 0.1) is 6.61 Å². The molecule has 1 saturated heterocycles. The molecule has 0 saturated carbocycles. The lowest BCUT2D eigenvalue weighted by molar-refractivity contribution is -0.130. The van der Waals surface area contributed by atoms with Gasteiger partial charge >= 0.3 is 0 Å². The van der Waals surface area contributed by atoms with Crippen LogP contribution in [0.4, 0.5) is 0 Å². The number of rotatable bonds is 4. The molecule has 2 rings (SSSR count). The maximum Gasteiger partial charge on any atom is 0.270 e. The Bertz CT molecular complexity index is 389. The zero-order valence-electron chi connectivity index (χ0n) is 11.6. The van der Waals surface area contributed by atoms with Crippen LogP contribution < -0.4 is 0 Å². The third-order valence-electron chi connectivity index (χ3n) is 3.63. The first kappa shape index (κ1) is 14.0. The molecule has 0 aliphatic carbocycles. The number of amides is 2. The van der Waals surface area contributed by atoms with Crippen LogP contribution in [0.25, 0.3) is 0 Å². The summed E-state index contributed by atoms with van der Waals surface area (Å²) in [5.41, 5.74) is 0.489. The fourth-order valence-electron chi connectivity index (χ4n) is 2.40. The number of ether oxygens (including phenoxy) is 1. The molecule has 6 heteroatoms. The lowest BCUT2D eigenvalue weighted by atomic mass is 10.1. The third kappa shape index (κ3) is 3.32. The van der Waals surface area contributed by atoms with E-state index in [1.54, 1.807) is 7.05 Å². The van der Waals surface area contributed by atoms with E-state index < -0.39 is 0 Å². The minimum absolute atomic E-state index is 0.0382. The van der Waals surface area contributed by atoms with Crippen LogP contribution in [0.5, 0.6) is 0 Å². The summed E-state index contributed by atoms with van der Waals surface area (Å²) in [7, 11) is 1.59. The minimum Gasteiger partial charge on any atom is -0.381 e. The molecule has 0 unspecified atom stereocenters. The molecule has 0 aromatic carbocycles. The summed E-state index contributed by atoms with van der Waals surface area (Å²) in [6.45, 7) is 4.85. The Morgan fingerprint density at radius 2 is 2.32 bits per heavy atom. The van der Waals surface area contributed by atoms with Gasteiger partial charge in [-0.2, -0.15) is 5.10 Å². The lowest BCUT2D eigenvalue weighted by Gasteiger charge is -2.26. The highest BCUT2D eigenvalue weighted by atomic mass is 16.5. The highest BCUT2D eigenvalue weighted by molar-refractivity contribution is 6.39. The van der Waals surface area contributed by atoms with Gasteiger partial charge in [-0.3, -0.25) is 9.59 Å². The van der Waals surface area contributed by atoms with E-state index in [0.717, 1.165) is 19.6 Å². The van der Waals surface area contributed by atoms with Gasteiger partial charge in [-0.15, -0.1) is 0 Å². The maximum atomic E-state index is 12.4. The molecule has 2 aliphatic rings. The van der Waals surface area contributed by atoms with Crippen LogP contribution in [0.15, 0.2) is 5.10 Å². The molecule has 0 N–H and O–H groups in total. The molecule has 2 amide bonds. The normalized spacial score (nSPS) is 23.5. The molecule has 2 aliphatic heterocycles. The van der Waals surface area contributed by atoms with Crippen molar-refractivity contribution >= 4 is 17.5 Å². The fraction of sp³-hybridized carbons (Fsp3) is 0.769. The average Bonchev–Trinajstić information content (AvgIpc) is 2.91. The van der Waals surface area contributed by atoms with Gasteiger partial charge in [0.15, 0.2) is 0 Å². The Morgan fingerprint density at radius 1 is 1.53 bits per heavy atom. The highest BCUT2D eigenvalue weighted by Crippen LogP contribution is 2.15. The summed E-state index contributed by atoms with van der Waals surface area (Å²) in [5, 5.41) is 5.35. The smallest absolute Gasteiger partial charge is 0.270 e. The fourth-order valence-corrected chi connectivity index (χ4v) is 2.40. The first-order valence-corrected chi connectivity index (χ1v) is 6.83. The standard InChI is InChI=1S/C13H21N3O3/c1-3-16(8-10-6-7-19-9-10)13(18)11-4-5-12(17)15(2)14-11/h10H,3-9H2,1-2H3/t10-/m1/s1. The Hall–Kier alpha value is -1.43. The molecular weight excluding hydrogens is 246 g/mol. The van der Waals surface area contributed by atoms with Crippen molar-refractivity contribution in [2.75, 3.05) is 33.4 Å². The summed E-state index contributed by atoms with van der Waals surface area (Å²) < 4.78 is 5.34. The van der Waals surface area contributed by atoms with Gasteiger partial charge in [-0.05, 0) is 13.3 Å². The second-order valence-corrected chi connectivity index (χ2v) is 5.04. The van der Waals surface area contributed by atoms with Gasteiger partial charge in [0.2, 0.25) is 5.91 Å². The van der Waals surface area contributed by atoms with Crippen molar-refractivity contribution in [1.82, 2.24) is 9.91 Å². The second-order valence-electron chi connectivity index (χ2n) is 5.04. The minimum atomic E-state index is -0.0475. The van der Waals surface area contributed by atoms with E-state index in [-0.39, 0.29) is 11.8 Å². The summed E-state index contributed by atoms with van der Waals surface area (Å²) >= 11 is 0. The van der Waals surface area contributed by atoms with Crippen LogP contribution in [-0.2, 0) is 14.3 Å². The maximum absolute atomic E-state index is 12.4. The van der Waals surface area contributed by atoms with Crippen molar-refractivity contribution in [2.45, 2.75) is 26.2 Å². The van der Waals surface area contributed by atoms with Crippen molar-refractivity contribution in [1.29, 1.82) is 0 Å². The lowest BCUT2D eigenvalue weighted by Crippen LogP contribution is -2.42. The van der Waals surface area contributed by atoms with Crippen LogP contribution in [0.2, 0.25) is 0 Å². The van der Waals surface area contributed by atoms with E-state index >= 15 is 0 Å². The highest BCUT2D eigenvalue weighted by Gasteiger charge is 2.27. The summed E-state index contributed by atoms with van der Waals surface area (Å²) in [6.07, 6.45) is 1.82. The van der Waals surface area contributed by atoms with Gasteiger partial charge in [-0.25, -0.2) is 5.01 Å². The number of hydrogen-bond acceptors (Lipinski definition) is 4. The zero-order chi connectivity index (χ0) is 13.8. The van der Waals surface area contributed by atoms with Gasteiger partial charge in [0.1, 0.15) is 5.71 Å². The van der Waals surface area contributed by atoms with Gasteiger partial charge in [0, 0.05) is 45.5 Å². The Labute approximate surface area is 113 Å². The van der Waals surface area contributed by atoms with Crippen LogP contribution >= 0.6 is 0 Å². The summed E-state index contributed by atoms with van der Waals surface area (Å²) in [6, 6.07) is 0. The van der Waals surface area contributed by atoms with Crippen molar-refractivity contribution in [3.05, 3.63) is 0 Å². The Morgan fingerprint density at radius 3 is 2.89 bits per heavy atom. The molecular formula is C13H21N3O3. The molecule has 1 atom stereocenters. The molecule has 6 nitrogen and oxygen atoms in total. The zero-order valence-corrected chi connectivity index (χ0v) is 11.6. The van der Waals surface area contributed by atoms with E-state index in [9.17, 15) is 9.59 Å². The number of carbonyl (C=O) groups excluding carboxylic acids is 2. The molecule has 0 bridgehead atoms. The average molecular weight is 267 g/mol. The van der Waals surface area contributed by atoms with Gasteiger partial charge in [-0.1, -0.05) is 0 Å². The van der Waals surface area contributed by atoms with E-state index in [1.165, 1.54) is 5.01 Å². The van der Waals surface area contributed by atoms with Crippen LogP contribution in [0, 0.1) is 5.92 Å². The van der Waals surface area contributed by atoms with Crippen molar-refractivity contribution < 1.29 is 14.3 Å². The quantitative estimate of drug-likeness (QED) is 0.744. The van der Waals surface area contributed by atoms with Crippen LogP contribution in [0.3, 0.4) is 0 Å². The van der Waals surface area contributed by atoms with E-state index in [2.05, 4.69) is 5.10 Å². The number of carbonyl (C=O) groups is 2. The van der Waals surface area contributed by atoms with Crippen molar-refractivity contribution in [3.8, 4) is 0 Å². The third-order valence-corrected chi connectivity index (χ3v) is 3.63. The summed E-state index contributed by atoms with van der Waals surface area (Å²) in [5.74, 6) is 0.338. The molecule has 0 spiro atoms. The summed E-state index contributed by atoms with van der Waals surface area (Å²) in [4.78, 5) is 25.6. The topological polar surface area (TPSA) is 62.2 Å². The number of hydrogen-bond donors (Lipinski definition) is 0. The predicted octanol–water partition coefficient (Wildman–Crippen LogP) is 0.480. The largest absolute Gasteiger partial charge is 0.381 e. The number of nitrogens with zero attached hydrogens (tertiary/aromatic N) is 3. The SMILES string of the molecule is CCN(C[C@H]1CCOC1)C(=O)C1=NN(C)C(=O)CC1. The molecule has 0 aromatic heterocycles. The monoisotopic (exact) mass is 267 g/mol. The molecule has 2 heterocycles. The van der Waals surface area contributed by atoms with E-state index in [1.807, 2.05) is 11.8 Å². The molecule has 0 aromatic rings. The van der Waals surface area contributed by atoms with Crippen LogP contribution in [-0.4, -0.2) is 60.8 Å². The van der Waals surface area contributed by atoms with Crippen LogP contribution in [0.1, 0.15) is 26.2 Å². The Balaban J connectivity index is 1.99. The van der Waals surface area contributed by atoms with Gasteiger partial charge < -0.3 is 9.64 Å². The predicted molar refractivity (Wildman–Crippen MR) is 70.6 cm³/mol. The molecule has 1 fully saturated rings. The molecule has 19 heavy (non-hydrogen) atoms.